The van der Waals surface area contributed by atoms with Gasteiger partial charge < -0.3 is 44.0 Å². The van der Waals surface area contributed by atoms with Gasteiger partial charge in [0.15, 0.2) is 0 Å². The van der Waals surface area contributed by atoms with Gasteiger partial charge in [-0.1, -0.05) is 54.6 Å². The number of benzene rings is 2. The van der Waals surface area contributed by atoms with Crippen molar-refractivity contribution in [3.05, 3.63) is 103 Å². The van der Waals surface area contributed by atoms with Crippen molar-refractivity contribution in [3.63, 3.8) is 0 Å². The zero-order chi connectivity index (χ0) is 43.1. The first-order valence-corrected chi connectivity index (χ1v) is 20.2. The van der Waals surface area contributed by atoms with Crippen molar-refractivity contribution in [1.82, 2.24) is 45.4 Å². The number of H-pyrrole nitrogens is 2. The average Bonchev–Trinajstić information content (AvgIpc) is 4.15. The van der Waals surface area contributed by atoms with Crippen molar-refractivity contribution >= 4 is 24.0 Å². The van der Waals surface area contributed by atoms with Crippen molar-refractivity contribution in [2.75, 3.05) is 41.5 Å². The number of ether oxygens (including phenoxy) is 4. The molecule has 61 heavy (non-hydrogen) atoms. The smallest absolute Gasteiger partial charge is 0.409 e. The number of hydrogen-bond donors (Lipinski definition) is 4. The Hall–Kier alpha value is -6.59. The first-order valence-electron chi connectivity index (χ1n) is 20.2. The van der Waals surface area contributed by atoms with E-state index < -0.39 is 36.0 Å². The number of methoxy groups -OCH3 is 4. The number of imidazole rings is 2. The summed E-state index contributed by atoms with van der Waals surface area (Å²) in [6.07, 6.45) is 6.07. The molecule has 4 N–H and O–H groups in total. The van der Waals surface area contributed by atoms with Crippen LogP contribution in [-0.2, 0) is 35.0 Å². The molecule has 2 aromatic carbocycles. The standard InChI is InChI=1S/C44H51N9O8/c1-27(58-2)44(61-5,51-43(57)60-4)41(55)53-23-9-12-37(53)39-47-26-35(49-39)31-19-15-29(16-20-31)28-13-17-30(18-14-28)34-25-46-38(48-34)36-11-8-22-52(36)40(54)33(50-42(56)59-3)24-32-10-6-7-21-45-32/h6-7,10,13-21,25-27,33,36-37H,8-9,11-12,22-24H2,1-5H3,(H,46,48)(H,47,49)(H,50,56)(H,51,57)/t27-,33+,36+,37+,44+/m1/s1. The van der Waals surface area contributed by atoms with Crippen LogP contribution in [0, 0.1) is 0 Å². The highest BCUT2D eigenvalue weighted by atomic mass is 16.6. The number of alkyl carbamates (subject to hydrolysis) is 2. The van der Waals surface area contributed by atoms with Gasteiger partial charge in [0, 0.05) is 45.6 Å². The summed E-state index contributed by atoms with van der Waals surface area (Å²) in [4.78, 5) is 76.4. The molecule has 2 aliphatic rings. The third-order valence-electron chi connectivity index (χ3n) is 11.6. The molecule has 0 unspecified atom stereocenters. The monoisotopic (exact) mass is 833 g/mol. The molecule has 4 amide bonds. The van der Waals surface area contributed by atoms with Crippen molar-refractivity contribution in [3.8, 4) is 33.6 Å². The Morgan fingerprint density at radius 1 is 0.738 bits per heavy atom. The summed E-state index contributed by atoms with van der Waals surface area (Å²) in [5, 5.41) is 5.26. The second-order valence-corrected chi connectivity index (χ2v) is 15.0. The first kappa shape index (κ1) is 42.5. The second-order valence-electron chi connectivity index (χ2n) is 15.0. The van der Waals surface area contributed by atoms with Gasteiger partial charge in [-0.05, 0) is 67.0 Å². The number of likely N-dealkylation sites (tertiary alicyclic amines) is 2. The molecule has 0 spiro atoms. The molecule has 17 nitrogen and oxygen atoms in total. The van der Waals surface area contributed by atoms with E-state index >= 15 is 0 Å². The maximum Gasteiger partial charge on any atom is 0.409 e. The number of nitrogens with one attached hydrogen (secondary N) is 4. The molecule has 0 aliphatic carbocycles. The molecular formula is C44H51N9O8. The van der Waals surface area contributed by atoms with Gasteiger partial charge in [-0.3, -0.25) is 19.9 Å². The zero-order valence-corrected chi connectivity index (χ0v) is 34.8. The summed E-state index contributed by atoms with van der Waals surface area (Å²) in [7, 11) is 5.28. The minimum Gasteiger partial charge on any atom is -0.453 e. The number of carbonyl (C=O) groups excluding carboxylic acids is 4. The maximum atomic E-state index is 14.1. The fraction of sp³-hybridized carbons (Fsp3) is 0.386. The maximum absolute atomic E-state index is 14.1. The highest BCUT2D eigenvalue weighted by molar-refractivity contribution is 5.90. The van der Waals surface area contributed by atoms with Crippen LogP contribution in [0.4, 0.5) is 9.59 Å². The summed E-state index contributed by atoms with van der Waals surface area (Å²) < 4.78 is 20.7. The number of aromatic amines is 2. The fourth-order valence-corrected chi connectivity index (χ4v) is 8.14. The SMILES string of the molecule is COC(=O)N[C@@H](Cc1ccccn1)C(=O)N1CCC[C@H]1c1ncc(-c2ccc(-c3ccc(-c4cnc([C@@H]5CCCN5C(=O)[C@@](NC(=O)OC)(OC)[C@@H](C)OC)[nH]4)cc3)cc2)[nH]1. The number of amides is 4. The van der Waals surface area contributed by atoms with Crippen LogP contribution in [0.25, 0.3) is 33.6 Å². The third kappa shape index (κ3) is 8.98. The van der Waals surface area contributed by atoms with E-state index in [1.807, 2.05) is 48.5 Å². The lowest BCUT2D eigenvalue weighted by molar-refractivity contribution is -0.178. The van der Waals surface area contributed by atoms with E-state index in [0.29, 0.717) is 36.9 Å². The Morgan fingerprint density at radius 3 is 1.79 bits per heavy atom. The second kappa shape index (κ2) is 18.8. The Bertz CT molecular complexity index is 2300. The van der Waals surface area contributed by atoms with Crippen molar-refractivity contribution < 1.29 is 38.1 Å². The molecule has 3 aromatic heterocycles. The van der Waals surface area contributed by atoms with Crippen LogP contribution in [0.3, 0.4) is 0 Å². The Morgan fingerprint density at radius 2 is 1.28 bits per heavy atom. The van der Waals surface area contributed by atoms with E-state index in [2.05, 4.69) is 42.7 Å². The molecule has 2 saturated heterocycles. The van der Waals surface area contributed by atoms with Gasteiger partial charge in [0.1, 0.15) is 23.8 Å². The topological polar surface area (TPSA) is 206 Å². The molecule has 0 radical (unpaired) electrons. The molecule has 2 aliphatic heterocycles. The summed E-state index contributed by atoms with van der Waals surface area (Å²) in [6.45, 7) is 2.64. The van der Waals surface area contributed by atoms with Crippen molar-refractivity contribution in [2.24, 2.45) is 0 Å². The third-order valence-corrected chi connectivity index (χ3v) is 11.6. The number of pyridine rings is 1. The van der Waals surface area contributed by atoms with Crippen LogP contribution in [0.15, 0.2) is 85.3 Å². The predicted octanol–water partition coefficient (Wildman–Crippen LogP) is 5.56. The van der Waals surface area contributed by atoms with Crippen LogP contribution >= 0.6 is 0 Å². The molecular weight excluding hydrogens is 783 g/mol. The Balaban J connectivity index is 1.01. The van der Waals surface area contributed by atoms with Crippen molar-refractivity contribution in [2.45, 2.75) is 69.0 Å². The lowest BCUT2D eigenvalue weighted by atomic mass is 10.0. The molecule has 17 heteroatoms. The summed E-state index contributed by atoms with van der Waals surface area (Å²) >= 11 is 0. The Kier molecular flexibility index (Phi) is 13.1. The molecule has 0 saturated carbocycles. The van der Waals surface area contributed by atoms with E-state index in [0.717, 1.165) is 52.9 Å². The summed E-state index contributed by atoms with van der Waals surface area (Å²) in [5.41, 5.74) is 4.43. The molecule has 320 valence electrons. The van der Waals surface area contributed by atoms with Gasteiger partial charge in [0.05, 0.1) is 50.1 Å². The van der Waals surface area contributed by atoms with Crippen LogP contribution in [-0.4, -0.2) is 118 Å². The highest BCUT2D eigenvalue weighted by Crippen LogP contribution is 2.36. The van der Waals surface area contributed by atoms with E-state index in [1.54, 1.807) is 41.4 Å². The van der Waals surface area contributed by atoms with Gasteiger partial charge in [0.25, 0.3) is 11.6 Å². The molecule has 0 bridgehead atoms. The van der Waals surface area contributed by atoms with Crippen LogP contribution in [0.2, 0.25) is 0 Å². The summed E-state index contributed by atoms with van der Waals surface area (Å²) in [6, 6.07) is 20.3. The largest absolute Gasteiger partial charge is 0.453 e. The zero-order valence-electron chi connectivity index (χ0n) is 34.8. The molecule has 2 fully saturated rings. The van der Waals surface area contributed by atoms with Gasteiger partial charge in [0.2, 0.25) is 5.91 Å². The van der Waals surface area contributed by atoms with Gasteiger partial charge >= 0.3 is 12.2 Å². The van der Waals surface area contributed by atoms with E-state index in [-0.39, 0.29) is 24.4 Å². The number of carbonyl (C=O) groups is 4. The first-order chi connectivity index (χ1) is 29.6. The van der Waals surface area contributed by atoms with E-state index in [4.69, 9.17) is 23.9 Å². The predicted molar refractivity (Wildman–Crippen MR) is 223 cm³/mol. The van der Waals surface area contributed by atoms with E-state index in [1.165, 1.54) is 28.4 Å². The average molecular weight is 834 g/mol. The van der Waals surface area contributed by atoms with Gasteiger partial charge in [-0.2, -0.15) is 0 Å². The minimum absolute atomic E-state index is 0.217. The van der Waals surface area contributed by atoms with Gasteiger partial charge in [-0.25, -0.2) is 19.6 Å². The summed E-state index contributed by atoms with van der Waals surface area (Å²) in [5.74, 6) is 0.639. The Labute approximate surface area is 353 Å². The molecule has 5 heterocycles. The van der Waals surface area contributed by atoms with Crippen molar-refractivity contribution in [1.29, 1.82) is 0 Å². The normalized spacial score (nSPS) is 18.2. The van der Waals surface area contributed by atoms with Crippen LogP contribution in [0.1, 0.15) is 62.0 Å². The number of hydrogen-bond acceptors (Lipinski definition) is 11. The number of nitrogens with zero attached hydrogens (tertiary/aromatic N) is 5. The molecule has 7 rings (SSSR count). The lowest BCUT2D eigenvalue weighted by Crippen LogP contribution is -2.66. The molecule has 5 aromatic rings. The number of rotatable bonds is 14. The minimum atomic E-state index is -1.80. The molecule has 5 atom stereocenters. The fourth-order valence-electron chi connectivity index (χ4n) is 8.14. The van der Waals surface area contributed by atoms with E-state index in [9.17, 15) is 19.2 Å². The van der Waals surface area contributed by atoms with Crippen LogP contribution in [0.5, 0.6) is 0 Å². The lowest BCUT2D eigenvalue weighted by Gasteiger charge is -2.39. The van der Waals surface area contributed by atoms with Crippen LogP contribution < -0.4 is 10.6 Å². The van der Waals surface area contributed by atoms with Gasteiger partial charge in [-0.15, -0.1) is 0 Å². The number of aromatic nitrogens is 5. The highest BCUT2D eigenvalue weighted by Gasteiger charge is 2.51. The quantitative estimate of drug-likeness (QED) is 0.102.